The SMILES string of the molecule is CC(c1ccc(-c2cc(-c3ccccc3)nc(-c3ccc(C(C)(c4ccc(-n5c6ccccc6c6ccccc65)cc4)C(F)(F)F)cc3)n2)cc1)(c1ccc(-n2c3ccccc3c3ccccc32)cc1)C(F)(F)F. The van der Waals surface area contributed by atoms with Crippen LogP contribution in [0.25, 0.3) is 88.9 Å². The Labute approximate surface area is 422 Å². The van der Waals surface area contributed by atoms with Crippen molar-refractivity contribution in [2.75, 3.05) is 0 Å². The zero-order valence-corrected chi connectivity index (χ0v) is 40.0. The molecule has 0 bridgehead atoms. The van der Waals surface area contributed by atoms with Crippen LogP contribution in [-0.2, 0) is 10.8 Å². The summed E-state index contributed by atoms with van der Waals surface area (Å²) in [6.45, 7) is 2.39. The summed E-state index contributed by atoms with van der Waals surface area (Å²) in [4.78, 5) is 9.77. The van der Waals surface area contributed by atoms with Crippen LogP contribution < -0.4 is 0 Å². The first-order valence-corrected chi connectivity index (χ1v) is 24.2. The Morgan fingerprint density at radius 2 is 0.595 bits per heavy atom. The molecule has 12 rings (SSSR count). The van der Waals surface area contributed by atoms with Gasteiger partial charge in [0.2, 0.25) is 0 Å². The zero-order valence-electron chi connectivity index (χ0n) is 40.0. The van der Waals surface area contributed by atoms with E-state index in [-0.39, 0.29) is 28.1 Å². The lowest BCUT2D eigenvalue weighted by molar-refractivity contribution is -0.173. The normalized spacial score (nSPS) is 13.9. The summed E-state index contributed by atoms with van der Waals surface area (Å²) in [7, 11) is 0. The molecule has 2 atom stereocenters. The highest BCUT2D eigenvalue weighted by Gasteiger charge is 2.54. The third-order valence-corrected chi connectivity index (χ3v) is 15.0. The molecule has 0 radical (unpaired) electrons. The van der Waals surface area contributed by atoms with Crippen LogP contribution >= 0.6 is 0 Å². The molecule has 74 heavy (non-hydrogen) atoms. The molecular weight excluding hydrogens is 939 g/mol. The van der Waals surface area contributed by atoms with Gasteiger partial charge in [-0.3, -0.25) is 0 Å². The van der Waals surface area contributed by atoms with Gasteiger partial charge in [-0.05, 0) is 90.7 Å². The molecular formula is C64H44F6N4. The highest BCUT2D eigenvalue weighted by Crippen LogP contribution is 2.49. The van der Waals surface area contributed by atoms with Crippen LogP contribution in [0.5, 0.6) is 0 Å². The maximum Gasteiger partial charge on any atom is 0.402 e. The van der Waals surface area contributed by atoms with E-state index >= 15 is 26.3 Å². The molecule has 3 aromatic heterocycles. The van der Waals surface area contributed by atoms with Crippen molar-refractivity contribution >= 4 is 43.6 Å². The highest BCUT2D eigenvalue weighted by atomic mass is 19.4. The van der Waals surface area contributed by atoms with Gasteiger partial charge in [0, 0.05) is 49.6 Å². The van der Waals surface area contributed by atoms with Gasteiger partial charge in [0.25, 0.3) is 0 Å². The molecule has 10 heteroatoms. The summed E-state index contributed by atoms with van der Waals surface area (Å²) in [6.07, 6.45) is -9.35. The zero-order chi connectivity index (χ0) is 51.0. The number of hydrogen-bond donors (Lipinski definition) is 0. The van der Waals surface area contributed by atoms with Crippen molar-refractivity contribution in [1.82, 2.24) is 19.1 Å². The van der Waals surface area contributed by atoms with Gasteiger partial charge in [-0.2, -0.15) is 26.3 Å². The molecule has 12 aromatic rings. The van der Waals surface area contributed by atoms with Gasteiger partial charge in [-0.25, -0.2) is 9.97 Å². The monoisotopic (exact) mass is 982 g/mol. The third-order valence-electron chi connectivity index (χ3n) is 15.0. The standard InChI is InChI=1S/C64H44F6N4/c1-61(63(65,66)67,46-32-36-48(37-33-46)73-56-20-10-6-16-50(56)51-17-7-11-21-57(51)73)44-28-24-42(25-29-44)55-40-54(41-14-4-3-5-15-41)71-60(72-55)43-26-30-45(31-27-43)62(2,64(68,69)70)47-34-38-49(39-35-47)74-58-22-12-8-18-52(58)53-19-9-13-23-59(53)74/h3-40H,1-2H3. The summed E-state index contributed by atoms with van der Waals surface area (Å²) in [6, 6.07) is 68.4. The van der Waals surface area contributed by atoms with Crippen LogP contribution in [0.15, 0.2) is 231 Å². The first kappa shape index (κ1) is 46.3. The lowest BCUT2D eigenvalue weighted by Crippen LogP contribution is -2.40. The fraction of sp³-hybridized carbons (Fsp3) is 0.0938. The van der Waals surface area contributed by atoms with Crippen LogP contribution in [-0.4, -0.2) is 31.5 Å². The Morgan fingerprint density at radius 3 is 0.932 bits per heavy atom. The molecule has 0 spiro atoms. The molecule has 362 valence electrons. The van der Waals surface area contributed by atoms with Crippen molar-refractivity contribution in [2.24, 2.45) is 0 Å². The van der Waals surface area contributed by atoms with Crippen molar-refractivity contribution in [3.63, 3.8) is 0 Å². The molecule has 4 nitrogen and oxygen atoms in total. The fourth-order valence-electron chi connectivity index (χ4n) is 10.7. The second-order valence-corrected chi connectivity index (χ2v) is 19.1. The molecule has 0 fully saturated rings. The van der Waals surface area contributed by atoms with Gasteiger partial charge in [0.15, 0.2) is 5.82 Å². The second-order valence-electron chi connectivity index (χ2n) is 19.1. The third kappa shape index (κ3) is 7.46. The minimum atomic E-state index is -4.68. The van der Waals surface area contributed by atoms with Crippen molar-refractivity contribution in [2.45, 2.75) is 37.0 Å². The summed E-state index contributed by atoms with van der Waals surface area (Å²) in [5, 5.41) is 4.20. The van der Waals surface area contributed by atoms with Gasteiger partial charge < -0.3 is 9.13 Å². The van der Waals surface area contributed by atoms with Crippen molar-refractivity contribution in [1.29, 1.82) is 0 Å². The van der Waals surface area contributed by atoms with Crippen molar-refractivity contribution in [3.05, 3.63) is 253 Å². The lowest BCUT2D eigenvalue weighted by atomic mass is 9.75. The van der Waals surface area contributed by atoms with Gasteiger partial charge in [0.1, 0.15) is 10.8 Å². The van der Waals surface area contributed by atoms with Gasteiger partial charge in [-0.1, -0.05) is 176 Å². The second kappa shape index (κ2) is 17.5. The number of fused-ring (bicyclic) bond motifs is 6. The minimum Gasteiger partial charge on any atom is -0.309 e. The maximum absolute atomic E-state index is 15.5. The van der Waals surface area contributed by atoms with Crippen LogP contribution in [0.2, 0.25) is 0 Å². The number of benzene rings is 9. The Balaban J connectivity index is 0.877. The van der Waals surface area contributed by atoms with Crippen LogP contribution in [0, 0.1) is 0 Å². The number of para-hydroxylation sites is 4. The number of aromatic nitrogens is 4. The van der Waals surface area contributed by atoms with E-state index in [9.17, 15) is 0 Å². The number of halogens is 6. The smallest absolute Gasteiger partial charge is 0.309 e. The molecule has 0 aliphatic carbocycles. The van der Waals surface area contributed by atoms with Crippen LogP contribution in [0.1, 0.15) is 36.1 Å². The predicted molar refractivity (Wildman–Crippen MR) is 285 cm³/mol. The van der Waals surface area contributed by atoms with E-state index in [0.717, 1.165) is 60.5 Å². The van der Waals surface area contributed by atoms with E-state index in [1.807, 2.05) is 127 Å². The average molecular weight is 983 g/mol. The quantitative estimate of drug-likeness (QED) is 0.135. The van der Waals surface area contributed by atoms with Crippen LogP contribution in [0.4, 0.5) is 26.3 Å². The Kier molecular flexibility index (Phi) is 10.9. The highest BCUT2D eigenvalue weighted by molar-refractivity contribution is 6.10. The Bertz CT molecular complexity index is 3700. The predicted octanol–water partition coefficient (Wildman–Crippen LogP) is 17.4. The van der Waals surface area contributed by atoms with Gasteiger partial charge in [0.05, 0.1) is 33.5 Å². The van der Waals surface area contributed by atoms with E-state index in [1.165, 1.54) is 38.1 Å². The summed E-state index contributed by atoms with van der Waals surface area (Å²) >= 11 is 0. The van der Waals surface area contributed by atoms with E-state index in [2.05, 4.69) is 9.13 Å². The molecule has 0 saturated heterocycles. The molecule has 0 saturated carbocycles. The Morgan fingerprint density at radius 1 is 0.311 bits per heavy atom. The first-order valence-electron chi connectivity index (χ1n) is 24.2. The van der Waals surface area contributed by atoms with Crippen molar-refractivity contribution < 1.29 is 26.3 Å². The van der Waals surface area contributed by atoms with Gasteiger partial charge >= 0.3 is 12.4 Å². The molecule has 3 heterocycles. The molecule has 0 aliphatic rings. The summed E-state index contributed by atoms with van der Waals surface area (Å²) < 4.78 is 97.2. The fourth-order valence-corrected chi connectivity index (χ4v) is 10.7. The van der Waals surface area contributed by atoms with Crippen LogP contribution in [0.3, 0.4) is 0 Å². The largest absolute Gasteiger partial charge is 0.402 e. The topological polar surface area (TPSA) is 35.6 Å². The molecule has 0 aliphatic heterocycles. The van der Waals surface area contributed by atoms with E-state index in [1.54, 1.807) is 78.9 Å². The van der Waals surface area contributed by atoms with Gasteiger partial charge in [-0.15, -0.1) is 0 Å². The number of nitrogens with zero attached hydrogens (tertiary/aromatic N) is 4. The van der Waals surface area contributed by atoms with Crippen molar-refractivity contribution in [3.8, 4) is 45.3 Å². The van der Waals surface area contributed by atoms with E-state index in [4.69, 9.17) is 9.97 Å². The molecule has 0 amide bonds. The number of alkyl halides is 6. The first-order chi connectivity index (χ1) is 35.7. The molecule has 9 aromatic carbocycles. The minimum absolute atomic E-state index is 0.0300. The summed E-state index contributed by atoms with van der Waals surface area (Å²) in [5.41, 5.74) is 3.48. The van der Waals surface area contributed by atoms with E-state index in [0.29, 0.717) is 22.5 Å². The molecule has 0 N–H and O–H groups in total. The molecule has 2 unspecified atom stereocenters. The lowest BCUT2D eigenvalue weighted by Gasteiger charge is -2.33. The number of hydrogen-bond acceptors (Lipinski definition) is 2. The number of rotatable bonds is 9. The van der Waals surface area contributed by atoms with E-state index < -0.39 is 23.2 Å². The average Bonchev–Trinajstić information content (AvgIpc) is 3.95. The maximum atomic E-state index is 15.5. The summed E-state index contributed by atoms with van der Waals surface area (Å²) in [5.74, 6) is 0.240. The Hall–Kier alpha value is -8.76.